The molecule has 0 saturated carbocycles. The van der Waals surface area contributed by atoms with E-state index in [0.717, 1.165) is 0 Å². The van der Waals surface area contributed by atoms with Crippen molar-refractivity contribution in [2.45, 2.75) is 0 Å². The zero-order chi connectivity index (χ0) is 4.12. The molecular weight excluding hydrogens is 243 g/mol. The average molecular weight is 249 g/mol. The molecule has 1 heteroatoms. The molecule has 0 fully saturated rings. The van der Waals surface area contributed by atoms with Gasteiger partial charge in [0.05, 0.1) is 0 Å². The van der Waals surface area contributed by atoms with Gasteiger partial charge in [-0.15, -0.1) is 0 Å². The van der Waals surface area contributed by atoms with Crippen LogP contribution in [0.3, 0.4) is 0 Å². The molecule has 0 aliphatic rings. The predicted molar refractivity (Wildman–Crippen MR) is 20.4 cm³/mol. The Morgan fingerprint density at radius 3 is 1.60 bits per heavy atom. The summed E-state index contributed by atoms with van der Waals surface area (Å²) in [7, 11) is 0. The predicted octanol–water partition coefficient (Wildman–Crippen LogP) is 1.36. The Bertz CT molecular complexity index is 32.9. The van der Waals surface area contributed by atoms with E-state index >= 15 is 0 Å². The van der Waals surface area contributed by atoms with Crippen LogP contribution in [0.2, 0.25) is 0 Å². The van der Waals surface area contributed by atoms with Crippen LogP contribution >= 0.6 is 0 Å². The SMILES string of the molecule is C=[CH][Pt][CH]=C. The fourth-order valence-electron chi connectivity index (χ4n) is 0.0527. The zero-order valence-electron chi connectivity index (χ0n) is 2.89. The van der Waals surface area contributed by atoms with E-state index in [2.05, 4.69) is 13.2 Å². The van der Waals surface area contributed by atoms with Crippen molar-refractivity contribution in [2.75, 3.05) is 0 Å². The molecule has 0 amide bonds. The van der Waals surface area contributed by atoms with Crippen LogP contribution in [-0.2, 0) is 18.6 Å². The molecule has 0 radical (unpaired) electrons. The molecule has 0 aliphatic carbocycles. The molecule has 32 valence electrons. The van der Waals surface area contributed by atoms with E-state index in [4.69, 9.17) is 0 Å². The van der Waals surface area contributed by atoms with E-state index in [9.17, 15) is 0 Å². The topological polar surface area (TPSA) is 0 Å². The van der Waals surface area contributed by atoms with Crippen molar-refractivity contribution in [3.8, 4) is 0 Å². The van der Waals surface area contributed by atoms with Gasteiger partial charge < -0.3 is 0 Å². The number of hydrogen-bond donors (Lipinski definition) is 0. The summed E-state index contributed by atoms with van der Waals surface area (Å²) >= 11 is 0.151. The van der Waals surface area contributed by atoms with Gasteiger partial charge in [0.2, 0.25) is 0 Å². The Hall–Kier alpha value is 0.168. The molecule has 0 unspecified atom stereocenters. The fourth-order valence-corrected chi connectivity index (χ4v) is 0.431. The van der Waals surface area contributed by atoms with Gasteiger partial charge in [-0.2, -0.15) is 0 Å². The van der Waals surface area contributed by atoms with Crippen LogP contribution in [0, 0.1) is 0 Å². The molecule has 0 spiro atoms. The van der Waals surface area contributed by atoms with Gasteiger partial charge in [-0.05, 0) is 0 Å². The van der Waals surface area contributed by atoms with Crippen LogP contribution in [0.25, 0.3) is 0 Å². The van der Waals surface area contributed by atoms with Crippen LogP contribution in [0.4, 0.5) is 0 Å². The summed E-state index contributed by atoms with van der Waals surface area (Å²) in [4.78, 5) is 0. The van der Waals surface area contributed by atoms with Gasteiger partial charge in [-0.25, -0.2) is 0 Å². The van der Waals surface area contributed by atoms with E-state index in [1.165, 1.54) is 0 Å². The van der Waals surface area contributed by atoms with Crippen LogP contribution in [0.15, 0.2) is 22.1 Å². The first-order chi connectivity index (χ1) is 2.41. The first-order valence-corrected chi connectivity index (χ1v) is 3.81. The molecular formula is C4H6Pt. The monoisotopic (exact) mass is 249 g/mol. The number of rotatable bonds is 2. The first-order valence-electron chi connectivity index (χ1n) is 1.18. The van der Waals surface area contributed by atoms with E-state index < -0.39 is 0 Å². The average Bonchev–Trinajstić information content (AvgIpc) is 1.41. The Morgan fingerprint density at radius 1 is 1.20 bits per heavy atom. The van der Waals surface area contributed by atoms with Crippen molar-refractivity contribution < 1.29 is 18.6 Å². The molecule has 0 N–H and O–H groups in total. The van der Waals surface area contributed by atoms with Gasteiger partial charge in [0.25, 0.3) is 0 Å². The van der Waals surface area contributed by atoms with Crippen molar-refractivity contribution in [3.05, 3.63) is 22.1 Å². The van der Waals surface area contributed by atoms with Crippen LogP contribution in [0.5, 0.6) is 0 Å². The summed E-state index contributed by atoms with van der Waals surface area (Å²) in [5.41, 5.74) is 0. The third-order valence-electron chi connectivity index (χ3n) is 0.149. The van der Waals surface area contributed by atoms with Gasteiger partial charge in [-0.3, -0.25) is 0 Å². The molecule has 0 heterocycles. The molecule has 0 rings (SSSR count). The second-order valence-electron chi connectivity index (χ2n) is 0.364. The molecule has 5 heavy (non-hydrogen) atoms. The van der Waals surface area contributed by atoms with Crippen molar-refractivity contribution >= 4 is 0 Å². The van der Waals surface area contributed by atoms with Crippen molar-refractivity contribution in [1.82, 2.24) is 0 Å². The first kappa shape index (κ1) is 5.17. The van der Waals surface area contributed by atoms with Crippen molar-refractivity contribution in [3.63, 3.8) is 0 Å². The van der Waals surface area contributed by atoms with Crippen LogP contribution < -0.4 is 0 Å². The molecule has 0 atom stereocenters. The van der Waals surface area contributed by atoms with Gasteiger partial charge in [0, 0.05) is 0 Å². The van der Waals surface area contributed by atoms with Gasteiger partial charge >= 0.3 is 40.7 Å². The molecule has 0 aromatic rings. The summed E-state index contributed by atoms with van der Waals surface area (Å²) < 4.78 is 3.85. The minimum atomic E-state index is 0.151. The molecule has 0 aliphatic heterocycles. The second kappa shape index (κ2) is 4.17. The maximum absolute atomic E-state index is 3.53. The third-order valence-corrected chi connectivity index (χ3v) is 1.22. The number of hydrogen-bond acceptors (Lipinski definition) is 0. The Morgan fingerprint density at radius 2 is 1.60 bits per heavy atom. The zero-order valence-corrected chi connectivity index (χ0v) is 5.16. The summed E-state index contributed by atoms with van der Waals surface area (Å²) in [5.74, 6) is 0. The maximum atomic E-state index is 3.53. The standard InChI is InChI=1S/2C2H3.Pt/c2*1-2;/h2*1H,2H2;. The van der Waals surface area contributed by atoms with E-state index in [1.54, 1.807) is 0 Å². The van der Waals surface area contributed by atoms with Crippen LogP contribution in [-0.4, -0.2) is 0 Å². The molecule has 0 saturated heterocycles. The third kappa shape index (κ3) is 4.17. The Balaban J connectivity index is 2.65. The fraction of sp³-hybridized carbons (Fsp3) is 0. The molecule has 0 aromatic heterocycles. The summed E-state index contributed by atoms with van der Waals surface area (Å²) in [6.45, 7) is 7.06. The Labute approximate surface area is 41.1 Å². The normalized spacial score (nSPS) is 7.20. The van der Waals surface area contributed by atoms with E-state index in [-0.39, 0.29) is 18.6 Å². The molecule has 0 aromatic carbocycles. The quantitative estimate of drug-likeness (QED) is 0.693. The minimum absolute atomic E-state index is 0.151. The van der Waals surface area contributed by atoms with E-state index in [0.29, 0.717) is 0 Å². The second-order valence-corrected chi connectivity index (χ2v) is 2.98. The summed E-state index contributed by atoms with van der Waals surface area (Å²) in [6, 6.07) is 0. The van der Waals surface area contributed by atoms with Gasteiger partial charge in [0.1, 0.15) is 0 Å². The Kier molecular flexibility index (Phi) is 4.31. The van der Waals surface area contributed by atoms with Gasteiger partial charge in [0.15, 0.2) is 0 Å². The van der Waals surface area contributed by atoms with Crippen molar-refractivity contribution in [2.24, 2.45) is 0 Å². The summed E-state index contributed by atoms with van der Waals surface area (Å²) in [6.07, 6.45) is 0. The van der Waals surface area contributed by atoms with Crippen LogP contribution in [0.1, 0.15) is 0 Å². The molecule has 0 bridgehead atoms. The van der Waals surface area contributed by atoms with Crippen molar-refractivity contribution in [1.29, 1.82) is 0 Å². The molecule has 0 nitrogen and oxygen atoms in total. The van der Waals surface area contributed by atoms with Gasteiger partial charge in [-0.1, -0.05) is 0 Å². The summed E-state index contributed by atoms with van der Waals surface area (Å²) in [5, 5.41) is 0. The van der Waals surface area contributed by atoms with E-state index in [1.807, 2.05) is 8.93 Å².